The Kier molecular flexibility index (Phi) is 9.38. The molecule has 0 saturated carbocycles. The van der Waals surface area contributed by atoms with E-state index in [2.05, 4.69) is 26.2 Å². The third-order valence-corrected chi connectivity index (χ3v) is 7.30. The maximum atomic E-state index is 12.7. The summed E-state index contributed by atoms with van der Waals surface area (Å²) in [5.74, 6) is 0.266. The number of carbonyl (C=O) groups is 2. The van der Waals surface area contributed by atoms with Gasteiger partial charge in [-0.25, -0.2) is 4.79 Å². The minimum atomic E-state index is -0.353. The number of aryl methyl sites for hydroxylation is 1. The second kappa shape index (κ2) is 13.5. The molecule has 2 saturated heterocycles. The van der Waals surface area contributed by atoms with Crippen molar-refractivity contribution in [3.05, 3.63) is 89.2 Å². The first-order valence-corrected chi connectivity index (χ1v) is 13.9. The molecule has 1 aromatic heterocycles. The van der Waals surface area contributed by atoms with Gasteiger partial charge in [-0.05, 0) is 61.0 Å². The second-order valence-corrected chi connectivity index (χ2v) is 10.3. The average Bonchev–Trinajstić information content (AvgIpc) is 2.98. The zero-order chi connectivity index (χ0) is 27.7. The number of amides is 2. The summed E-state index contributed by atoms with van der Waals surface area (Å²) in [6.07, 6.45) is 0.545. The predicted molar refractivity (Wildman–Crippen MR) is 154 cm³/mol. The van der Waals surface area contributed by atoms with Crippen LogP contribution >= 0.6 is 0 Å². The van der Waals surface area contributed by atoms with Crippen molar-refractivity contribution in [1.29, 1.82) is 0 Å². The number of pyridine rings is 1. The lowest BCUT2D eigenvalue weighted by Gasteiger charge is -2.33. The summed E-state index contributed by atoms with van der Waals surface area (Å²) in [5.41, 5.74) is 4.53. The number of aromatic nitrogens is 1. The lowest BCUT2D eigenvalue weighted by molar-refractivity contribution is 0.0342. The first-order chi connectivity index (χ1) is 19.5. The van der Waals surface area contributed by atoms with Crippen LogP contribution in [0.25, 0.3) is 0 Å². The predicted octanol–water partition coefficient (Wildman–Crippen LogP) is 3.83. The molecule has 0 unspecified atom stereocenters. The molecule has 0 atom stereocenters. The number of ether oxygens (including phenoxy) is 2. The van der Waals surface area contributed by atoms with Crippen molar-refractivity contribution < 1.29 is 19.1 Å². The van der Waals surface area contributed by atoms with Gasteiger partial charge >= 0.3 is 6.09 Å². The maximum Gasteiger partial charge on any atom is 0.415 e. The number of benzene rings is 2. The third kappa shape index (κ3) is 7.88. The molecule has 40 heavy (non-hydrogen) atoms. The summed E-state index contributed by atoms with van der Waals surface area (Å²) in [4.78, 5) is 36.4. The molecule has 3 aromatic rings. The van der Waals surface area contributed by atoms with Gasteiger partial charge in [-0.1, -0.05) is 18.2 Å². The van der Waals surface area contributed by atoms with E-state index in [1.807, 2.05) is 43.3 Å². The van der Waals surface area contributed by atoms with E-state index >= 15 is 0 Å². The number of anilines is 1. The van der Waals surface area contributed by atoms with E-state index in [9.17, 15) is 9.59 Å². The number of morpholine rings is 1. The Morgan fingerprint density at radius 1 is 0.875 bits per heavy atom. The molecule has 0 aliphatic carbocycles. The zero-order valence-electron chi connectivity index (χ0n) is 23.1. The van der Waals surface area contributed by atoms with Crippen LogP contribution in [0.3, 0.4) is 0 Å². The van der Waals surface area contributed by atoms with Crippen LogP contribution in [0.1, 0.15) is 27.3 Å². The molecule has 210 valence electrons. The Labute approximate surface area is 235 Å². The fraction of sp³-hybridized carbons (Fsp3) is 0.387. The van der Waals surface area contributed by atoms with Gasteiger partial charge in [-0.2, -0.15) is 0 Å². The minimum absolute atomic E-state index is 0.182. The molecule has 2 fully saturated rings. The quantitative estimate of drug-likeness (QED) is 0.462. The van der Waals surface area contributed by atoms with Crippen molar-refractivity contribution in [2.45, 2.75) is 19.9 Å². The normalized spacial score (nSPS) is 16.5. The Morgan fingerprint density at radius 3 is 2.30 bits per heavy atom. The van der Waals surface area contributed by atoms with E-state index in [-0.39, 0.29) is 12.0 Å². The number of hydrogen-bond donors (Lipinski definition) is 1. The van der Waals surface area contributed by atoms with Crippen LogP contribution in [0, 0.1) is 6.92 Å². The monoisotopic (exact) mass is 543 g/mol. The number of carbonyl (C=O) groups excluding carboxylic acids is 2. The van der Waals surface area contributed by atoms with Crippen LogP contribution in [-0.4, -0.2) is 90.7 Å². The molecule has 3 heterocycles. The van der Waals surface area contributed by atoms with Crippen molar-refractivity contribution in [2.24, 2.45) is 0 Å². The summed E-state index contributed by atoms with van der Waals surface area (Å²) in [5, 5.41) is 2.91. The largest absolute Gasteiger partial charge is 0.415 e. The minimum Gasteiger partial charge on any atom is -0.410 e. The highest BCUT2D eigenvalue weighted by molar-refractivity contribution is 6.04. The van der Waals surface area contributed by atoms with Gasteiger partial charge in [0.05, 0.1) is 13.2 Å². The summed E-state index contributed by atoms with van der Waals surface area (Å²) in [6.45, 7) is 10.0. The Hall–Kier alpha value is -3.79. The Morgan fingerprint density at radius 2 is 1.60 bits per heavy atom. The number of hydrogen-bond acceptors (Lipinski definition) is 7. The molecular weight excluding hydrogens is 506 g/mol. The Balaban J connectivity index is 1.04. The van der Waals surface area contributed by atoms with Crippen molar-refractivity contribution in [2.75, 3.05) is 64.3 Å². The van der Waals surface area contributed by atoms with E-state index in [1.165, 1.54) is 5.56 Å². The number of nitrogens with zero attached hydrogens (tertiary/aromatic N) is 4. The standard InChI is InChI=1S/C31H37N5O4/c1-24-3-2-4-27(32-24)13-14-34-15-17-36(18-16-34)31(38)40-29-11-9-28(10-12-29)33-30(37)26-7-5-25(6-8-26)23-35-19-21-39-22-20-35/h2-12H,13-23H2,1H3,(H,33,37). The summed E-state index contributed by atoms with van der Waals surface area (Å²) < 4.78 is 11.0. The van der Waals surface area contributed by atoms with Gasteiger partial charge < -0.3 is 19.7 Å². The lowest BCUT2D eigenvalue weighted by Crippen LogP contribution is -2.49. The lowest BCUT2D eigenvalue weighted by atomic mass is 10.1. The van der Waals surface area contributed by atoms with Crippen molar-refractivity contribution >= 4 is 17.7 Å². The molecule has 0 spiro atoms. The summed E-state index contributed by atoms with van der Waals surface area (Å²) in [7, 11) is 0. The van der Waals surface area contributed by atoms with Crippen LogP contribution in [-0.2, 0) is 17.7 Å². The molecule has 2 aliphatic heterocycles. The molecule has 2 amide bonds. The molecule has 9 nitrogen and oxygen atoms in total. The van der Waals surface area contributed by atoms with E-state index in [0.717, 1.165) is 70.3 Å². The molecule has 5 rings (SSSR count). The first-order valence-electron chi connectivity index (χ1n) is 13.9. The van der Waals surface area contributed by atoms with Crippen LogP contribution in [0.15, 0.2) is 66.7 Å². The van der Waals surface area contributed by atoms with Gasteiger partial charge in [0, 0.05) is 81.4 Å². The van der Waals surface area contributed by atoms with Crippen LogP contribution in [0.4, 0.5) is 10.5 Å². The van der Waals surface area contributed by atoms with Gasteiger partial charge in [-0.3, -0.25) is 19.6 Å². The molecular formula is C31H37N5O4. The summed E-state index contributed by atoms with van der Waals surface area (Å²) in [6, 6.07) is 20.7. The molecule has 2 aliphatic rings. The highest BCUT2D eigenvalue weighted by atomic mass is 16.6. The Bertz CT molecular complexity index is 1270. The maximum absolute atomic E-state index is 12.7. The third-order valence-electron chi connectivity index (χ3n) is 7.30. The topological polar surface area (TPSA) is 87.2 Å². The highest BCUT2D eigenvalue weighted by Crippen LogP contribution is 2.18. The zero-order valence-corrected chi connectivity index (χ0v) is 23.1. The SMILES string of the molecule is Cc1cccc(CCN2CCN(C(=O)Oc3ccc(NC(=O)c4ccc(CN5CCOCC5)cc4)cc3)CC2)n1. The van der Waals surface area contributed by atoms with E-state index in [0.29, 0.717) is 30.1 Å². The van der Waals surface area contributed by atoms with Crippen LogP contribution in [0.5, 0.6) is 5.75 Å². The first kappa shape index (κ1) is 27.8. The molecule has 9 heteroatoms. The van der Waals surface area contributed by atoms with Crippen LogP contribution < -0.4 is 10.1 Å². The van der Waals surface area contributed by atoms with E-state index < -0.39 is 0 Å². The fourth-order valence-electron chi connectivity index (χ4n) is 4.92. The average molecular weight is 544 g/mol. The van der Waals surface area contributed by atoms with Crippen molar-refractivity contribution in [1.82, 2.24) is 19.7 Å². The van der Waals surface area contributed by atoms with Gasteiger partial charge in [0.25, 0.3) is 5.91 Å². The molecule has 1 N–H and O–H groups in total. The highest BCUT2D eigenvalue weighted by Gasteiger charge is 2.22. The van der Waals surface area contributed by atoms with Crippen LogP contribution in [0.2, 0.25) is 0 Å². The molecule has 0 radical (unpaired) electrons. The fourth-order valence-corrected chi connectivity index (χ4v) is 4.92. The molecule has 2 aromatic carbocycles. The van der Waals surface area contributed by atoms with E-state index in [1.54, 1.807) is 29.2 Å². The second-order valence-electron chi connectivity index (χ2n) is 10.3. The van der Waals surface area contributed by atoms with Crippen molar-refractivity contribution in [3.8, 4) is 5.75 Å². The number of rotatable bonds is 8. The number of nitrogens with one attached hydrogen (secondary N) is 1. The van der Waals surface area contributed by atoms with Gasteiger partial charge in [0.15, 0.2) is 0 Å². The van der Waals surface area contributed by atoms with Gasteiger partial charge in [0.2, 0.25) is 0 Å². The summed E-state index contributed by atoms with van der Waals surface area (Å²) >= 11 is 0. The number of piperazine rings is 1. The van der Waals surface area contributed by atoms with Crippen molar-refractivity contribution in [3.63, 3.8) is 0 Å². The van der Waals surface area contributed by atoms with Gasteiger partial charge in [-0.15, -0.1) is 0 Å². The van der Waals surface area contributed by atoms with E-state index in [4.69, 9.17) is 9.47 Å². The molecule has 0 bridgehead atoms. The smallest absolute Gasteiger partial charge is 0.410 e. The van der Waals surface area contributed by atoms with Gasteiger partial charge in [0.1, 0.15) is 5.75 Å².